The summed E-state index contributed by atoms with van der Waals surface area (Å²) in [5, 5.41) is 3.33. The number of thiocarbonyl (C=S) groups is 1. The summed E-state index contributed by atoms with van der Waals surface area (Å²) in [6, 6.07) is 5.16. The molecule has 3 N–H and O–H groups in total. The summed E-state index contributed by atoms with van der Waals surface area (Å²) in [6.07, 6.45) is 0.617. The number of hydrogen-bond acceptors (Lipinski definition) is 6. The smallest absolute Gasteiger partial charge is 0.243 e. The number of benzene rings is 1. The highest BCUT2D eigenvalue weighted by atomic mass is 32.2. The fourth-order valence-corrected chi connectivity index (χ4v) is 5.23. The average Bonchev–Trinajstić information content (AvgIpc) is 3.13. The minimum absolute atomic E-state index is 0.160. The van der Waals surface area contributed by atoms with Crippen molar-refractivity contribution in [1.82, 2.24) is 30.0 Å². The topological polar surface area (TPSA) is 118 Å². The van der Waals surface area contributed by atoms with Crippen molar-refractivity contribution in [1.29, 1.82) is 0 Å². The molecule has 12 heteroatoms. The van der Waals surface area contributed by atoms with E-state index in [9.17, 15) is 13.2 Å². The van der Waals surface area contributed by atoms with E-state index in [1.807, 2.05) is 25.3 Å². The third kappa shape index (κ3) is 5.74. The fraction of sp³-hybridized carbons (Fsp3) is 0.550. The van der Waals surface area contributed by atoms with Crippen molar-refractivity contribution in [2.45, 2.75) is 51.1 Å². The molecule has 1 aromatic carbocycles. The van der Waals surface area contributed by atoms with Gasteiger partial charge < -0.3 is 14.6 Å². The van der Waals surface area contributed by atoms with Gasteiger partial charge in [0.15, 0.2) is 5.11 Å². The van der Waals surface area contributed by atoms with Crippen molar-refractivity contribution in [2.75, 3.05) is 26.3 Å². The standard InChI is InChI=1S/C20H30N6O4S2/c1-4-26-17-6-5-15(32(28,29)25-9-11-30-12-10-25)13-16(17)22-18(26)7-8-19(27)23-24-20(31)21-14(2)3/h5-6,13-14H,4,7-12H2,1-3H3,(H,23,27)(H2,21,24,31). The number of imidazole rings is 1. The number of fused-ring (bicyclic) bond motifs is 1. The van der Waals surface area contributed by atoms with Crippen molar-refractivity contribution < 1.29 is 17.9 Å². The summed E-state index contributed by atoms with van der Waals surface area (Å²) >= 11 is 5.09. The number of carbonyl (C=O) groups is 1. The molecule has 0 saturated carbocycles. The lowest BCUT2D eigenvalue weighted by atomic mass is 10.3. The van der Waals surface area contributed by atoms with Gasteiger partial charge in [0.25, 0.3) is 0 Å². The van der Waals surface area contributed by atoms with Crippen LogP contribution in [0.4, 0.5) is 0 Å². The molecule has 1 saturated heterocycles. The number of morpholine rings is 1. The Kier molecular flexibility index (Phi) is 8.04. The number of nitrogens with one attached hydrogen (secondary N) is 3. The first-order chi connectivity index (χ1) is 15.2. The van der Waals surface area contributed by atoms with Gasteiger partial charge in [0.05, 0.1) is 29.1 Å². The number of aryl methyl sites for hydroxylation is 2. The Morgan fingerprint density at radius 1 is 1.25 bits per heavy atom. The number of carbonyl (C=O) groups excluding carboxylic acids is 1. The second-order valence-electron chi connectivity index (χ2n) is 7.74. The molecular formula is C20H30N6O4S2. The first-order valence-electron chi connectivity index (χ1n) is 10.6. The van der Waals surface area contributed by atoms with Crippen LogP contribution in [0.3, 0.4) is 0 Å². The Bertz CT molecular complexity index is 1080. The van der Waals surface area contributed by atoms with Gasteiger partial charge in [0.1, 0.15) is 5.82 Å². The van der Waals surface area contributed by atoms with Crippen LogP contribution >= 0.6 is 12.2 Å². The zero-order valence-corrected chi connectivity index (χ0v) is 20.2. The first-order valence-corrected chi connectivity index (χ1v) is 12.5. The van der Waals surface area contributed by atoms with E-state index in [0.29, 0.717) is 49.9 Å². The van der Waals surface area contributed by atoms with E-state index < -0.39 is 10.0 Å². The second-order valence-corrected chi connectivity index (χ2v) is 10.1. The second kappa shape index (κ2) is 10.6. The van der Waals surface area contributed by atoms with Gasteiger partial charge in [-0.3, -0.25) is 15.6 Å². The minimum atomic E-state index is -3.60. The molecule has 1 aliphatic heterocycles. The molecule has 0 bridgehead atoms. The van der Waals surface area contributed by atoms with Crippen LogP contribution < -0.4 is 16.2 Å². The molecule has 1 fully saturated rings. The Hall–Kier alpha value is -2.28. The van der Waals surface area contributed by atoms with Crippen molar-refractivity contribution in [3.8, 4) is 0 Å². The highest BCUT2D eigenvalue weighted by Gasteiger charge is 2.27. The molecule has 0 atom stereocenters. The van der Waals surface area contributed by atoms with Crippen molar-refractivity contribution >= 4 is 44.3 Å². The molecule has 0 aliphatic carbocycles. The van der Waals surface area contributed by atoms with Crippen LogP contribution in [0.15, 0.2) is 23.1 Å². The number of rotatable bonds is 7. The molecular weight excluding hydrogens is 452 g/mol. The lowest BCUT2D eigenvalue weighted by molar-refractivity contribution is -0.121. The molecule has 0 unspecified atom stereocenters. The summed E-state index contributed by atoms with van der Waals surface area (Å²) < 4.78 is 34.6. The number of nitrogens with zero attached hydrogens (tertiary/aromatic N) is 3. The maximum absolute atomic E-state index is 13.0. The van der Waals surface area contributed by atoms with Crippen LogP contribution in [-0.2, 0) is 32.5 Å². The number of amides is 1. The van der Waals surface area contributed by atoms with Gasteiger partial charge >= 0.3 is 0 Å². The van der Waals surface area contributed by atoms with Crippen molar-refractivity contribution in [2.24, 2.45) is 0 Å². The highest BCUT2D eigenvalue weighted by molar-refractivity contribution is 7.89. The van der Waals surface area contributed by atoms with Gasteiger partial charge in [-0.2, -0.15) is 4.31 Å². The normalized spacial score (nSPS) is 15.1. The fourth-order valence-electron chi connectivity index (χ4n) is 3.51. The third-order valence-electron chi connectivity index (χ3n) is 5.03. The predicted molar refractivity (Wildman–Crippen MR) is 125 cm³/mol. The molecule has 1 aromatic heterocycles. The van der Waals surface area contributed by atoms with Gasteiger partial charge in [-0.25, -0.2) is 13.4 Å². The van der Waals surface area contributed by atoms with Gasteiger partial charge in [-0.1, -0.05) is 0 Å². The van der Waals surface area contributed by atoms with Crippen LogP contribution in [0.2, 0.25) is 0 Å². The minimum Gasteiger partial charge on any atom is -0.379 e. The lowest BCUT2D eigenvalue weighted by Gasteiger charge is -2.26. The van der Waals surface area contributed by atoms with Crippen LogP contribution in [0.1, 0.15) is 33.0 Å². The molecule has 32 heavy (non-hydrogen) atoms. The summed E-state index contributed by atoms with van der Waals surface area (Å²) in [5.41, 5.74) is 6.68. The monoisotopic (exact) mass is 482 g/mol. The maximum Gasteiger partial charge on any atom is 0.243 e. The van der Waals surface area contributed by atoms with Gasteiger partial charge in [0, 0.05) is 38.5 Å². The highest BCUT2D eigenvalue weighted by Crippen LogP contribution is 2.24. The van der Waals surface area contributed by atoms with E-state index >= 15 is 0 Å². The Balaban J connectivity index is 1.71. The van der Waals surface area contributed by atoms with Crippen LogP contribution in [0.25, 0.3) is 11.0 Å². The number of sulfonamides is 1. The van der Waals surface area contributed by atoms with Crippen molar-refractivity contribution in [3.63, 3.8) is 0 Å². The number of aromatic nitrogens is 2. The molecule has 1 amide bonds. The molecule has 0 spiro atoms. The van der Waals surface area contributed by atoms with Crippen molar-refractivity contribution in [3.05, 3.63) is 24.0 Å². The first kappa shape index (κ1) is 24.4. The molecule has 2 heterocycles. The molecule has 3 rings (SSSR count). The largest absolute Gasteiger partial charge is 0.379 e. The van der Waals surface area contributed by atoms with E-state index in [1.54, 1.807) is 18.2 Å². The summed E-state index contributed by atoms with van der Waals surface area (Å²) in [7, 11) is -3.60. The molecule has 1 aliphatic rings. The molecule has 2 aromatic rings. The molecule has 176 valence electrons. The Morgan fingerprint density at radius 3 is 2.62 bits per heavy atom. The Morgan fingerprint density at radius 2 is 1.97 bits per heavy atom. The maximum atomic E-state index is 13.0. The zero-order valence-electron chi connectivity index (χ0n) is 18.6. The number of hydrazine groups is 1. The lowest BCUT2D eigenvalue weighted by Crippen LogP contribution is -2.48. The summed E-state index contributed by atoms with van der Waals surface area (Å²) in [5.74, 6) is 0.504. The average molecular weight is 483 g/mol. The van der Waals surface area contributed by atoms with E-state index in [0.717, 1.165) is 11.3 Å². The van der Waals surface area contributed by atoms with Gasteiger partial charge in [0.2, 0.25) is 15.9 Å². The number of hydrogen-bond donors (Lipinski definition) is 3. The van der Waals surface area contributed by atoms with Crippen LogP contribution in [0, 0.1) is 0 Å². The van der Waals surface area contributed by atoms with E-state index in [-0.39, 0.29) is 23.3 Å². The third-order valence-corrected chi connectivity index (χ3v) is 7.15. The van der Waals surface area contributed by atoms with E-state index in [2.05, 4.69) is 21.2 Å². The zero-order chi connectivity index (χ0) is 23.3. The van der Waals surface area contributed by atoms with Gasteiger partial charge in [-0.15, -0.1) is 0 Å². The summed E-state index contributed by atoms with van der Waals surface area (Å²) in [4.78, 5) is 17.0. The summed E-state index contributed by atoms with van der Waals surface area (Å²) in [6.45, 7) is 8.01. The van der Waals surface area contributed by atoms with E-state index in [1.165, 1.54) is 4.31 Å². The number of ether oxygens (including phenoxy) is 1. The van der Waals surface area contributed by atoms with Crippen LogP contribution in [-0.4, -0.2) is 65.6 Å². The molecule has 10 nitrogen and oxygen atoms in total. The predicted octanol–water partition coefficient (Wildman–Crippen LogP) is 0.913. The van der Waals surface area contributed by atoms with E-state index in [4.69, 9.17) is 17.0 Å². The molecule has 0 radical (unpaired) electrons. The quantitative estimate of drug-likeness (QED) is 0.394. The van der Waals surface area contributed by atoms with Gasteiger partial charge in [-0.05, 0) is 51.2 Å². The Labute approximate surface area is 193 Å². The SMILES string of the molecule is CCn1c(CCC(=O)NNC(=S)NC(C)C)nc2cc(S(=O)(=O)N3CCOCC3)ccc21. The van der Waals surface area contributed by atoms with Crippen LogP contribution in [0.5, 0.6) is 0 Å².